The van der Waals surface area contributed by atoms with Gasteiger partial charge in [0.2, 0.25) is 0 Å². The normalized spacial score (nSPS) is 13.7. The lowest BCUT2D eigenvalue weighted by Crippen LogP contribution is -2.68. The van der Waals surface area contributed by atoms with Crippen LogP contribution in [-0.2, 0) is 47.7 Å². The van der Waals surface area contributed by atoms with E-state index in [1.54, 1.807) is 0 Å². The number of hydrogen-bond acceptors (Lipinski definition) is 12. The molecule has 66 heavy (non-hydrogen) atoms. The highest BCUT2D eigenvalue weighted by Gasteiger charge is 2.90. The van der Waals surface area contributed by atoms with E-state index in [2.05, 4.69) is 18.9 Å². The molecule has 0 unspecified atom stereocenters. The molecule has 0 saturated carbocycles. The molecule has 0 aliphatic rings. The van der Waals surface area contributed by atoms with Gasteiger partial charge in [0, 0.05) is 25.7 Å². The van der Waals surface area contributed by atoms with Crippen molar-refractivity contribution in [2.45, 2.75) is 111 Å². The third-order valence-electron chi connectivity index (χ3n) is 7.81. The second kappa shape index (κ2) is 20.0. The molecular formula is C32H20F22O12. The Bertz CT molecular complexity index is 1880. The van der Waals surface area contributed by atoms with Gasteiger partial charge in [-0.05, 0) is 37.8 Å². The molecule has 0 amide bonds. The Balaban J connectivity index is 2.72. The Morgan fingerprint density at radius 1 is 0.333 bits per heavy atom. The van der Waals surface area contributed by atoms with Gasteiger partial charge in [0.15, 0.2) is 0 Å². The first-order valence-electron chi connectivity index (χ1n) is 16.7. The average Bonchev–Trinajstić information content (AvgIpc) is 3.16. The molecule has 0 atom stereocenters. The van der Waals surface area contributed by atoms with Gasteiger partial charge in [-0.1, -0.05) is 12.1 Å². The Labute approximate surface area is 348 Å². The topological polar surface area (TPSA) is 173 Å². The van der Waals surface area contributed by atoms with Crippen LogP contribution in [0.15, 0.2) is 24.3 Å². The lowest BCUT2D eigenvalue weighted by Gasteiger charge is -2.35. The summed E-state index contributed by atoms with van der Waals surface area (Å²) in [5.74, 6) is -80.8. The van der Waals surface area contributed by atoms with E-state index in [0.29, 0.717) is 0 Å². The second-order valence-corrected chi connectivity index (χ2v) is 12.6. The molecule has 0 radical (unpaired) electrons. The van der Waals surface area contributed by atoms with Gasteiger partial charge in [-0.2, -0.15) is 96.6 Å². The maximum Gasteiger partial charge on any atom is 0.460 e. The summed E-state index contributed by atoms with van der Waals surface area (Å²) in [5, 5.41) is 0. The highest BCUT2D eigenvalue weighted by Crippen LogP contribution is 2.59. The number of esters is 8. The molecule has 0 spiro atoms. The third kappa shape index (κ3) is 11.8. The van der Waals surface area contributed by atoms with E-state index in [-0.39, 0.29) is 0 Å². The lowest BCUT2D eigenvalue weighted by atomic mass is 9.98. The summed E-state index contributed by atoms with van der Waals surface area (Å²) in [4.78, 5) is 94.8. The Hall–Kier alpha value is -5.76. The Kier molecular flexibility index (Phi) is 17.7. The summed E-state index contributed by atoms with van der Waals surface area (Å²) < 4.78 is 302. The van der Waals surface area contributed by atoms with Crippen molar-refractivity contribution >= 4 is 47.8 Å². The number of ether oxygens (including phenoxy) is 4. The van der Waals surface area contributed by atoms with Gasteiger partial charge >= 0.3 is 107 Å². The number of hydrogen-bond donors (Lipinski definition) is 0. The minimum absolute atomic E-state index is 0.682. The number of unbranched alkanes of at least 4 members (excludes halogenated alkanes) is 2. The van der Waals surface area contributed by atoms with Crippen LogP contribution < -0.4 is 0 Å². The number of carbonyl (C=O) groups is 8. The van der Waals surface area contributed by atoms with Crippen LogP contribution in [0.4, 0.5) is 96.6 Å². The van der Waals surface area contributed by atoms with Crippen molar-refractivity contribution in [3.05, 3.63) is 35.4 Å². The fourth-order valence-corrected chi connectivity index (χ4v) is 4.17. The molecule has 374 valence electrons. The molecule has 1 aromatic carbocycles. The van der Waals surface area contributed by atoms with E-state index in [1.165, 1.54) is 0 Å². The van der Waals surface area contributed by atoms with Crippen LogP contribution in [0.3, 0.4) is 0 Å². The number of benzene rings is 1. The quantitative estimate of drug-likeness (QED) is 0.0401. The molecule has 1 aromatic rings. The molecule has 0 aromatic heterocycles. The molecule has 12 nitrogen and oxygen atoms in total. The molecule has 34 heteroatoms. The van der Waals surface area contributed by atoms with Crippen LogP contribution in [-0.4, -0.2) is 107 Å². The zero-order valence-electron chi connectivity index (χ0n) is 31.2. The van der Waals surface area contributed by atoms with Gasteiger partial charge in [-0.15, -0.1) is 0 Å². The molecule has 0 fully saturated rings. The van der Waals surface area contributed by atoms with Gasteiger partial charge in [0.25, 0.3) is 0 Å². The largest absolute Gasteiger partial charge is 0.460 e. The van der Waals surface area contributed by atoms with Gasteiger partial charge in [0.05, 0.1) is 11.1 Å². The van der Waals surface area contributed by atoms with Crippen LogP contribution >= 0.6 is 0 Å². The zero-order valence-corrected chi connectivity index (χ0v) is 31.2. The minimum Gasteiger partial charge on any atom is -0.389 e. The van der Waals surface area contributed by atoms with Crippen LogP contribution in [0.1, 0.15) is 72.1 Å². The smallest absolute Gasteiger partial charge is 0.389 e. The van der Waals surface area contributed by atoms with Crippen molar-refractivity contribution in [3.63, 3.8) is 0 Å². The highest BCUT2D eigenvalue weighted by atomic mass is 19.4. The van der Waals surface area contributed by atoms with Crippen molar-refractivity contribution in [2.75, 3.05) is 0 Å². The number of carbonyl (C=O) groups excluding carboxylic acids is 8. The molecule has 0 saturated heterocycles. The monoisotopic (exact) mass is 1010 g/mol. The summed E-state index contributed by atoms with van der Waals surface area (Å²) in [7, 11) is 0. The number of alkyl halides is 22. The van der Waals surface area contributed by atoms with Crippen LogP contribution in [0.2, 0.25) is 0 Å². The summed E-state index contributed by atoms with van der Waals surface area (Å²) in [5.41, 5.74) is -1.70. The summed E-state index contributed by atoms with van der Waals surface area (Å²) in [6.45, 7) is 0. The van der Waals surface area contributed by atoms with Gasteiger partial charge in [-0.3, -0.25) is 19.2 Å². The van der Waals surface area contributed by atoms with E-state index in [0.717, 1.165) is 24.3 Å². The third-order valence-corrected chi connectivity index (χ3v) is 7.81. The maximum absolute atomic E-state index is 13.7. The molecule has 0 N–H and O–H groups in total. The van der Waals surface area contributed by atoms with Gasteiger partial charge in [-0.25, -0.2) is 19.2 Å². The van der Waals surface area contributed by atoms with Gasteiger partial charge < -0.3 is 18.9 Å². The van der Waals surface area contributed by atoms with Crippen LogP contribution in [0.5, 0.6) is 0 Å². The van der Waals surface area contributed by atoms with Crippen molar-refractivity contribution < 1.29 is 154 Å². The predicted octanol–water partition coefficient (Wildman–Crippen LogP) is 8.52. The molecule has 1 rings (SSSR count). The number of rotatable bonds is 20. The van der Waals surface area contributed by atoms with Crippen LogP contribution in [0.25, 0.3) is 0 Å². The zero-order chi connectivity index (χ0) is 52.1. The fourth-order valence-electron chi connectivity index (χ4n) is 4.17. The van der Waals surface area contributed by atoms with E-state index in [9.17, 15) is 135 Å². The Morgan fingerprint density at radius 3 is 0.788 bits per heavy atom. The predicted molar refractivity (Wildman–Crippen MR) is 158 cm³/mol. The van der Waals surface area contributed by atoms with Crippen molar-refractivity contribution in [3.8, 4) is 0 Å². The first-order chi connectivity index (χ1) is 29.4. The standard InChI is InChI=1S/C32H20F22O12/c33-23(34,25(37,38)27(41,42)29(45,46)31(49,50)51)21(61)65-17(57)11-5-3-9-15(55)63-19(59)13-7-1-2-8-14(13)20(60)64-16(56)10-4-6-12-18(58)66-22(62)24(35,36)26(39,40)28(43,44)30(47,48)32(52,53)54/h1-2,7-8H,3-6,9-12H2. The van der Waals surface area contributed by atoms with Crippen molar-refractivity contribution in [1.82, 2.24) is 0 Å². The molecular weight excluding hydrogens is 994 g/mol. The van der Waals surface area contributed by atoms with E-state index in [1.807, 2.05) is 0 Å². The molecule has 0 aliphatic carbocycles. The first-order valence-corrected chi connectivity index (χ1v) is 16.7. The molecule has 0 bridgehead atoms. The van der Waals surface area contributed by atoms with E-state index < -0.39 is 170 Å². The van der Waals surface area contributed by atoms with Crippen molar-refractivity contribution in [2.24, 2.45) is 0 Å². The maximum atomic E-state index is 13.7. The summed E-state index contributed by atoms with van der Waals surface area (Å²) >= 11 is 0. The second-order valence-electron chi connectivity index (χ2n) is 12.6. The molecule has 0 heterocycles. The number of halogens is 22. The lowest BCUT2D eigenvalue weighted by molar-refractivity contribution is -0.418. The summed E-state index contributed by atoms with van der Waals surface area (Å²) in [6, 6.07) is 3.55. The average molecular weight is 1010 g/mol. The Morgan fingerprint density at radius 2 is 0.561 bits per heavy atom. The van der Waals surface area contributed by atoms with Crippen molar-refractivity contribution in [1.29, 1.82) is 0 Å². The fraction of sp³-hybridized carbons (Fsp3) is 0.562. The molecule has 0 aliphatic heterocycles. The van der Waals surface area contributed by atoms with Gasteiger partial charge in [0.1, 0.15) is 0 Å². The minimum atomic E-state index is -7.99. The van der Waals surface area contributed by atoms with Crippen LogP contribution in [0, 0.1) is 0 Å². The SMILES string of the molecule is O=C(CCCCC(=O)OC(=O)C(F)(F)C(F)(F)C(F)(F)C(F)(F)C(F)(F)F)OC(=O)c1ccccc1C(=O)OC(=O)CCCCC(=O)OC(=O)C(F)(F)C(F)(F)C(F)(F)C(F)(F)C(F)(F)F. The summed E-state index contributed by atoms with van der Waals surface area (Å²) in [6.07, 6.45) is -22.7. The van der Waals surface area contributed by atoms with E-state index in [4.69, 9.17) is 0 Å². The first kappa shape index (κ1) is 58.3. The van der Waals surface area contributed by atoms with E-state index >= 15 is 0 Å². The highest BCUT2D eigenvalue weighted by molar-refractivity contribution is 6.07.